The van der Waals surface area contributed by atoms with Crippen LogP contribution in [0.25, 0.3) is 22.2 Å². The maximum Gasteiger partial charge on any atom is 0.332 e. The Kier molecular flexibility index (Phi) is 10.6. The molecular weight excluding hydrogens is 644 g/mol. The summed E-state index contributed by atoms with van der Waals surface area (Å²) < 4.78 is 17.8. The standard InChI is InChI=1S/C41H54N4O6/c1-8-50-39(48)41(24-31(41)26(2)3)43-37(46)34-22-29(25-45(34)38(47)36(40(4,5)6)44-19-13-10-14-20-44)51-35-23-32(27-15-11-9-12-16-27)42-33-21-28(49-7)17-18-30(33)35/h9,11-12,15-18,21,23,26,29,31,34,36H,8,10,13-14,19-20,22,24-25H2,1-7H3,(H,43,46)/t29?,31?,34-,36+,41?/m0/s1. The molecule has 2 saturated heterocycles. The van der Waals surface area contributed by atoms with Crippen LogP contribution in [0.2, 0.25) is 0 Å². The van der Waals surface area contributed by atoms with E-state index >= 15 is 0 Å². The van der Waals surface area contributed by atoms with E-state index in [9.17, 15) is 14.4 Å². The average Bonchev–Trinajstić information content (AvgIpc) is 3.70. The number of carbonyl (C=O) groups is 3. The number of likely N-dealkylation sites (tertiary alicyclic amines) is 2. The zero-order chi connectivity index (χ0) is 36.5. The number of nitrogens with one attached hydrogen (secondary N) is 1. The normalized spacial score (nSPS) is 24.3. The van der Waals surface area contributed by atoms with Crippen LogP contribution in [0.4, 0.5) is 0 Å². The molecule has 2 aromatic carbocycles. The van der Waals surface area contributed by atoms with Crippen molar-refractivity contribution in [3.05, 3.63) is 54.6 Å². The molecule has 2 aliphatic heterocycles. The van der Waals surface area contributed by atoms with Crippen LogP contribution in [0, 0.1) is 17.3 Å². The lowest BCUT2D eigenvalue weighted by Gasteiger charge is -2.43. The van der Waals surface area contributed by atoms with Crippen molar-refractivity contribution in [2.75, 3.05) is 33.4 Å². The van der Waals surface area contributed by atoms with Gasteiger partial charge in [0.25, 0.3) is 0 Å². The van der Waals surface area contributed by atoms with Gasteiger partial charge in [0.15, 0.2) is 0 Å². The highest BCUT2D eigenvalue weighted by atomic mass is 16.5. The third-order valence-corrected chi connectivity index (χ3v) is 10.8. The number of methoxy groups -OCH3 is 1. The maximum absolute atomic E-state index is 14.8. The first-order valence-electron chi connectivity index (χ1n) is 18.6. The summed E-state index contributed by atoms with van der Waals surface area (Å²) in [5.41, 5.74) is 0.944. The van der Waals surface area contributed by atoms with E-state index in [0.717, 1.165) is 49.0 Å². The summed E-state index contributed by atoms with van der Waals surface area (Å²) in [6.07, 6.45) is 3.54. The van der Waals surface area contributed by atoms with E-state index in [0.29, 0.717) is 23.4 Å². The number of piperidine rings is 1. The smallest absolute Gasteiger partial charge is 0.332 e. The van der Waals surface area contributed by atoms with Crippen LogP contribution in [0.3, 0.4) is 0 Å². The van der Waals surface area contributed by atoms with E-state index in [-0.39, 0.29) is 48.6 Å². The molecule has 1 saturated carbocycles. The summed E-state index contributed by atoms with van der Waals surface area (Å²) in [4.78, 5) is 51.6. The van der Waals surface area contributed by atoms with Gasteiger partial charge < -0.3 is 24.4 Å². The molecule has 5 atom stereocenters. The second-order valence-corrected chi connectivity index (χ2v) is 15.8. The molecule has 51 heavy (non-hydrogen) atoms. The number of amides is 2. The molecule has 1 aromatic heterocycles. The Morgan fingerprint density at radius 1 is 1.02 bits per heavy atom. The number of nitrogens with zero attached hydrogens (tertiary/aromatic N) is 3. The number of hydrogen-bond donors (Lipinski definition) is 1. The van der Waals surface area contributed by atoms with E-state index in [1.165, 1.54) is 0 Å². The van der Waals surface area contributed by atoms with Gasteiger partial charge in [-0.2, -0.15) is 0 Å². The number of carbonyl (C=O) groups excluding carboxylic acids is 3. The van der Waals surface area contributed by atoms with Gasteiger partial charge in [-0.3, -0.25) is 14.5 Å². The molecule has 3 unspecified atom stereocenters. The number of benzene rings is 2. The minimum Gasteiger partial charge on any atom is -0.497 e. The lowest BCUT2D eigenvalue weighted by molar-refractivity contribution is -0.151. The fraction of sp³-hybridized carbons (Fsp3) is 0.561. The summed E-state index contributed by atoms with van der Waals surface area (Å²) in [5, 5.41) is 3.93. The predicted molar refractivity (Wildman–Crippen MR) is 197 cm³/mol. The van der Waals surface area contributed by atoms with Gasteiger partial charge >= 0.3 is 5.97 Å². The monoisotopic (exact) mass is 698 g/mol. The SMILES string of the molecule is CCOC(=O)C1(NC(=O)[C@@H]2CC(Oc3cc(-c4ccccc4)nc4cc(OC)ccc34)CN2C(=O)[C@@H](N2CCCCC2)C(C)(C)C)CC1C(C)C. The first-order valence-corrected chi connectivity index (χ1v) is 18.6. The lowest BCUT2D eigenvalue weighted by Crippen LogP contribution is -2.60. The number of fused-ring (bicyclic) bond motifs is 1. The molecule has 3 aromatic rings. The Labute approximate surface area is 302 Å². The summed E-state index contributed by atoms with van der Waals surface area (Å²) in [6.45, 7) is 14.3. The van der Waals surface area contributed by atoms with Crippen molar-refractivity contribution in [1.82, 2.24) is 20.1 Å². The van der Waals surface area contributed by atoms with Crippen LogP contribution in [0.1, 0.15) is 73.6 Å². The molecule has 6 rings (SSSR count). The van der Waals surface area contributed by atoms with Crippen molar-refractivity contribution < 1.29 is 28.6 Å². The van der Waals surface area contributed by atoms with Gasteiger partial charge in [0.2, 0.25) is 11.8 Å². The van der Waals surface area contributed by atoms with Crippen LogP contribution < -0.4 is 14.8 Å². The summed E-state index contributed by atoms with van der Waals surface area (Å²) in [6, 6.07) is 16.3. The number of hydrogen-bond acceptors (Lipinski definition) is 8. The van der Waals surface area contributed by atoms with Gasteiger partial charge in [-0.05, 0) is 68.7 Å². The Bertz CT molecular complexity index is 1730. The highest BCUT2D eigenvalue weighted by Crippen LogP contribution is 2.49. The Morgan fingerprint density at radius 2 is 1.75 bits per heavy atom. The molecule has 3 heterocycles. The topological polar surface area (TPSA) is 110 Å². The second kappa shape index (κ2) is 14.8. The van der Waals surface area contributed by atoms with E-state index in [2.05, 4.69) is 44.8 Å². The van der Waals surface area contributed by atoms with Crippen molar-refractivity contribution >= 4 is 28.7 Å². The third-order valence-electron chi connectivity index (χ3n) is 10.8. The second-order valence-electron chi connectivity index (χ2n) is 15.8. The molecule has 3 aliphatic rings. The minimum absolute atomic E-state index is 0.0367. The highest BCUT2D eigenvalue weighted by Gasteiger charge is 2.64. The van der Waals surface area contributed by atoms with Gasteiger partial charge in [0.1, 0.15) is 29.2 Å². The number of rotatable bonds is 11. The zero-order valence-electron chi connectivity index (χ0n) is 31.2. The number of esters is 1. The number of ether oxygens (including phenoxy) is 3. The fourth-order valence-electron chi connectivity index (χ4n) is 8.21. The van der Waals surface area contributed by atoms with Gasteiger partial charge in [-0.15, -0.1) is 0 Å². The summed E-state index contributed by atoms with van der Waals surface area (Å²) >= 11 is 0. The largest absolute Gasteiger partial charge is 0.497 e. The number of pyridine rings is 1. The van der Waals surface area contributed by atoms with E-state index in [1.807, 2.05) is 54.6 Å². The lowest BCUT2D eigenvalue weighted by atomic mass is 9.83. The number of aromatic nitrogens is 1. The van der Waals surface area contributed by atoms with E-state index in [4.69, 9.17) is 19.2 Å². The predicted octanol–water partition coefficient (Wildman–Crippen LogP) is 6.25. The molecule has 1 N–H and O–H groups in total. The van der Waals surface area contributed by atoms with Crippen molar-refractivity contribution in [3.8, 4) is 22.8 Å². The molecule has 1 aliphatic carbocycles. The first kappa shape index (κ1) is 36.6. The summed E-state index contributed by atoms with van der Waals surface area (Å²) in [5.74, 6) is 0.612. The molecule has 10 nitrogen and oxygen atoms in total. The van der Waals surface area contributed by atoms with Crippen LogP contribution in [0.15, 0.2) is 54.6 Å². The van der Waals surface area contributed by atoms with Gasteiger partial charge in [-0.25, -0.2) is 9.78 Å². The maximum atomic E-state index is 14.8. The van der Waals surface area contributed by atoms with Gasteiger partial charge in [0.05, 0.1) is 37.5 Å². The van der Waals surface area contributed by atoms with Gasteiger partial charge in [0, 0.05) is 29.5 Å². The van der Waals surface area contributed by atoms with E-state index < -0.39 is 29.7 Å². The average molecular weight is 699 g/mol. The van der Waals surface area contributed by atoms with Crippen molar-refractivity contribution in [2.45, 2.75) is 97.4 Å². The van der Waals surface area contributed by atoms with E-state index in [1.54, 1.807) is 18.9 Å². The molecular formula is C41H54N4O6. The third kappa shape index (κ3) is 7.57. The quantitative estimate of drug-likeness (QED) is 0.234. The molecule has 0 bridgehead atoms. The Balaban J connectivity index is 1.36. The van der Waals surface area contributed by atoms with Crippen molar-refractivity contribution in [1.29, 1.82) is 0 Å². The van der Waals surface area contributed by atoms with Crippen LogP contribution >= 0.6 is 0 Å². The zero-order valence-corrected chi connectivity index (χ0v) is 31.2. The molecule has 274 valence electrons. The Morgan fingerprint density at radius 3 is 2.37 bits per heavy atom. The molecule has 3 fully saturated rings. The molecule has 0 spiro atoms. The highest BCUT2D eigenvalue weighted by molar-refractivity contribution is 5.96. The van der Waals surface area contributed by atoms with Crippen molar-refractivity contribution in [3.63, 3.8) is 0 Å². The first-order chi connectivity index (χ1) is 24.4. The fourth-order valence-corrected chi connectivity index (χ4v) is 8.21. The molecule has 0 radical (unpaired) electrons. The Hall–Kier alpha value is -4.18. The molecule has 2 amide bonds. The van der Waals surface area contributed by atoms with Gasteiger partial charge in [-0.1, -0.05) is 71.4 Å². The minimum atomic E-state index is -1.09. The van der Waals surface area contributed by atoms with Crippen LogP contribution in [0.5, 0.6) is 11.5 Å². The van der Waals surface area contributed by atoms with Crippen LogP contribution in [-0.2, 0) is 19.1 Å². The molecule has 10 heteroatoms. The van der Waals surface area contributed by atoms with Crippen molar-refractivity contribution in [2.24, 2.45) is 17.3 Å². The summed E-state index contributed by atoms with van der Waals surface area (Å²) in [7, 11) is 1.63. The van der Waals surface area contributed by atoms with Crippen LogP contribution in [-0.4, -0.2) is 89.6 Å².